The average Bonchev–Trinajstić information content (AvgIpc) is 3.16. The van der Waals surface area contributed by atoms with Crippen LogP contribution in [0.25, 0.3) is 6.08 Å². The molecular weight excluding hydrogens is 380 g/mol. The van der Waals surface area contributed by atoms with E-state index in [-0.39, 0.29) is 18.6 Å². The van der Waals surface area contributed by atoms with E-state index in [1.165, 1.54) is 4.90 Å². The van der Waals surface area contributed by atoms with Crippen LogP contribution in [0.4, 0.5) is 4.79 Å². The number of cyclic esters (lactones) is 1. The van der Waals surface area contributed by atoms with Crippen molar-refractivity contribution < 1.29 is 19.1 Å². The zero-order chi connectivity index (χ0) is 21.1. The van der Waals surface area contributed by atoms with E-state index >= 15 is 0 Å². The molecule has 0 bridgehead atoms. The molecule has 0 radical (unpaired) electrons. The number of likely N-dealkylation sites (tertiary alicyclic amines) is 1. The van der Waals surface area contributed by atoms with Gasteiger partial charge in [0, 0.05) is 0 Å². The van der Waals surface area contributed by atoms with Gasteiger partial charge in [-0.2, -0.15) is 0 Å². The summed E-state index contributed by atoms with van der Waals surface area (Å²) in [6.45, 7) is 2.07. The molecule has 0 spiro atoms. The first-order valence-corrected chi connectivity index (χ1v) is 10.2. The van der Waals surface area contributed by atoms with Crippen LogP contribution in [0.5, 0.6) is 0 Å². The summed E-state index contributed by atoms with van der Waals surface area (Å²) in [5, 5.41) is 0. The predicted octanol–water partition coefficient (Wildman–Crippen LogP) is 3.45. The van der Waals surface area contributed by atoms with Gasteiger partial charge in [0.25, 0.3) is 0 Å². The molecule has 4 rings (SSSR count). The lowest BCUT2D eigenvalue weighted by atomic mass is 9.88. The molecule has 2 saturated heterocycles. The first-order chi connectivity index (χ1) is 14.7. The number of carbonyl (C=O) groups is 3. The molecule has 2 amide bonds. The average molecular weight is 404 g/mol. The largest absolute Gasteiger partial charge is 0.447 e. The maximum atomic E-state index is 13.1. The summed E-state index contributed by atoms with van der Waals surface area (Å²) in [5.41, 5.74) is 1.90. The van der Waals surface area contributed by atoms with Crippen molar-refractivity contribution in [3.05, 3.63) is 77.9 Å². The lowest BCUT2D eigenvalue weighted by Gasteiger charge is -2.51. The van der Waals surface area contributed by atoms with Gasteiger partial charge in [0.15, 0.2) is 0 Å². The fraction of sp³-hybridized carbons (Fsp3) is 0.292. The van der Waals surface area contributed by atoms with E-state index in [0.29, 0.717) is 6.42 Å². The number of carbonyl (C=O) groups excluding carboxylic acids is 3. The summed E-state index contributed by atoms with van der Waals surface area (Å²) in [6, 6.07) is 17.3. The lowest BCUT2D eigenvalue weighted by Crippen LogP contribution is -2.72. The van der Waals surface area contributed by atoms with Gasteiger partial charge in [0.2, 0.25) is 5.91 Å². The molecule has 0 N–H and O–H groups in total. The van der Waals surface area contributed by atoms with Crippen LogP contribution in [0.2, 0.25) is 0 Å². The number of benzene rings is 2. The van der Waals surface area contributed by atoms with E-state index in [1.54, 1.807) is 4.90 Å². The Labute approximate surface area is 175 Å². The monoisotopic (exact) mass is 404 g/mol. The van der Waals surface area contributed by atoms with E-state index in [2.05, 4.69) is 0 Å². The molecule has 4 atom stereocenters. The molecule has 2 aromatic rings. The Hall–Kier alpha value is -3.41. The van der Waals surface area contributed by atoms with Gasteiger partial charge >= 0.3 is 6.09 Å². The highest BCUT2D eigenvalue weighted by molar-refractivity contribution is 5.95. The molecule has 6 nitrogen and oxygen atoms in total. The van der Waals surface area contributed by atoms with Gasteiger partial charge in [-0.1, -0.05) is 79.7 Å². The quantitative estimate of drug-likeness (QED) is 0.524. The van der Waals surface area contributed by atoms with Gasteiger partial charge in [0.05, 0.1) is 18.1 Å². The van der Waals surface area contributed by atoms with E-state index < -0.39 is 24.2 Å². The predicted molar refractivity (Wildman–Crippen MR) is 112 cm³/mol. The van der Waals surface area contributed by atoms with Crippen molar-refractivity contribution in [3.8, 4) is 0 Å². The highest BCUT2D eigenvalue weighted by Crippen LogP contribution is 2.38. The smallest absolute Gasteiger partial charge is 0.411 e. The first kappa shape index (κ1) is 19.9. The van der Waals surface area contributed by atoms with E-state index in [9.17, 15) is 14.4 Å². The van der Waals surface area contributed by atoms with Crippen molar-refractivity contribution in [2.75, 3.05) is 6.61 Å². The highest BCUT2D eigenvalue weighted by atomic mass is 16.6. The van der Waals surface area contributed by atoms with Crippen LogP contribution in [0.3, 0.4) is 0 Å². The van der Waals surface area contributed by atoms with Gasteiger partial charge < -0.3 is 14.4 Å². The van der Waals surface area contributed by atoms with Gasteiger partial charge in [-0.25, -0.2) is 4.79 Å². The normalized spacial score (nSPS) is 24.6. The molecule has 2 heterocycles. The number of aldehydes is 1. The first-order valence-electron chi connectivity index (χ1n) is 10.2. The van der Waals surface area contributed by atoms with Gasteiger partial charge in [0.1, 0.15) is 18.9 Å². The van der Waals surface area contributed by atoms with Crippen LogP contribution < -0.4 is 0 Å². The summed E-state index contributed by atoms with van der Waals surface area (Å²) in [5.74, 6) is -0.226. The second-order valence-electron chi connectivity index (χ2n) is 7.47. The minimum absolute atomic E-state index is 0.201. The molecule has 0 aliphatic carbocycles. The van der Waals surface area contributed by atoms with Gasteiger partial charge in [-0.05, 0) is 17.5 Å². The topological polar surface area (TPSA) is 66.9 Å². The van der Waals surface area contributed by atoms with Crippen LogP contribution >= 0.6 is 0 Å². The Kier molecular flexibility index (Phi) is 5.65. The number of ether oxygens (including phenoxy) is 1. The molecular formula is C24H24N2O4. The van der Waals surface area contributed by atoms with Crippen LogP contribution in [-0.2, 0) is 14.3 Å². The standard InChI is InChI=1S/C24H24N2O4/c1-2-19(15-27)25-20(14-13-17-9-5-3-6-10-17)22(23(25)28)26-21(16-30-24(26)29)18-11-7-4-8-12-18/h3-15,19-22H,2,16H2,1H3/b14-13+/t19-,20?,21+,22?/m0/s1. The number of hydrogen-bond donors (Lipinski definition) is 0. The Morgan fingerprint density at radius 1 is 1.07 bits per heavy atom. The number of nitrogens with zero attached hydrogens (tertiary/aromatic N) is 2. The maximum Gasteiger partial charge on any atom is 0.411 e. The van der Waals surface area contributed by atoms with E-state index in [1.807, 2.05) is 79.7 Å². The fourth-order valence-electron chi connectivity index (χ4n) is 4.19. The Bertz CT molecular complexity index is 944. The zero-order valence-electron chi connectivity index (χ0n) is 16.8. The highest BCUT2D eigenvalue weighted by Gasteiger charge is 2.56. The van der Waals surface area contributed by atoms with Crippen LogP contribution in [0.1, 0.15) is 30.5 Å². The minimum Gasteiger partial charge on any atom is -0.447 e. The van der Waals surface area contributed by atoms with Gasteiger partial charge in [-0.3, -0.25) is 9.69 Å². The van der Waals surface area contributed by atoms with E-state index in [0.717, 1.165) is 17.4 Å². The molecule has 6 heteroatoms. The number of amides is 2. The van der Waals surface area contributed by atoms with Crippen molar-refractivity contribution in [2.24, 2.45) is 0 Å². The van der Waals surface area contributed by atoms with Crippen molar-refractivity contribution in [1.29, 1.82) is 0 Å². The second kappa shape index (κ2) is 8.53. The molecule has 0 aromatic heterocycles. The van der Waals surface area contributed by atoms with Crippen LogP contribution in [0.15, 0.2) is 66.7 Å². The molecule has 154 valence electrons. The van der Waals surface area contributed by atoms with Crippen LogP contribution in [0, 0.1) is 0 Å². The molecule has 2 fully saturated rings. The molecule has 2 unspecified atom stereocenters. The third-order valence-electron chi connectivity index (χ3n) is 5.77. The maximum absolute atomic E-state index is 13.1. The molecule has 30 heavy (non-hydrogen) atoms. The third kappa shape index (κ3) is 3.49. The van der Waals surface area contributed by atoms with Crippen molar-refractivity contribution >= 4 is 24.4 Å². The number of β-lactam (4-membered cyclic amide) rings is 1. The second-order valence-corrected chi connectivity index (χ2v) is 7.47. The Morgan fingerprint density at radius 3 is 2.37 bits per heavy atom. The zero-order valence-corrected chi connectivity index (χ0v) is 16.8. The van der Waals surface area contributed by atoms with Gasteiger partial charge in [-0.15, -0.1) is 0 Å². The van der Waals surface area contributed by atoms with Crippen molar-refractivity contribution in [1.82, 2.24) is 9.80 Å². The number of hydrogen-bond acceptors (Lipinski definition) is 4. The van der Waals surface area contributed by atoms with Crippen molar-refractivity contribution in [3.63, 3.8) is 0 Å². The molecule has 0 saturated carbocycles. The Balaban J connectivity index is 1.67. The minimum atomic E-state index is -0.695. The molecule has 2 aliphatic rings. The summed E-state index contributed by atoms with van der Waals surface area (Å²) in [4.78, 5) is 40.4. The van der Waals surface area contributed by atoms with Crippen molar-refractivity contribution in [2.45, 2.75) is 37.5 Å². The summed E-state index contributed by atoms with van der Waals surface area (Å²) < 4.78 is 5.32. The summed E-state index contributed by atoms with van der Waals surface area (Å²) in [6.07, 6.45) is 4.65. The fourth-order valence-corrected chi connectivity index (χ4v) is 4.19. The lowest BCUT2D eigenvalue weighted by molar-refractivity contribution is -0.160. The molecule has 2 aromatic carbocycles. The third-order valence-corrected chi connectivity index (χ3v) is 5.77. The van der Waals surface area contributed by atoms with Crippen LogP contribution in [-0.4, -0.2) is 52.8 Å². The SMILES string of the molecule is CC[C@@H](C=O)N1C(=O)C(N2C(=O)OC[C@@H]2c2ccccc2)C1/C=C/c1ccccc1. The summed E-state index contributed by atoms with van der Waals surface area (Å²) >= 11 is 0. The summed E-state index contributed by atoms with van der Waals surface area (Å²) in [7, 11) is 0. The Morgan fingerprint density at radius 2 is 1.73 bits per heavy atom. The number of rotatable bonds is 7. The van der Waals surface area contributed by atoms with E-state index in [4.69, 9.17) is 4.74 Å². The molecule has 2 aliphatic heterocycles.